The van der Waals surface area contributed by atoms with E-state index in [-0.39, 0.29) is 38.4 Å². The quantitative estimate of drug-likeness (QED) is 0.145. The first kappa shape index (κ1) is 47.0. The number of esters is 1. The van der Waals surface area contributed by atoms with Crippen molar-refractivity contribution in [1.29, 1.82) is 0 Å². The first-order valence-corrected chi connectivity index (χ1v) is 20.6. The molecule has 15 nitrogen and oxygen atoms in total. The molecule has 3 heterocycles. The van der Waals surface area contributed by atoms with Gasteiger partial charge in [0.25, 0.3) is 5.91 Å². The number of benzene rings is 1. The number of hydrogen-bond acceptors (Lipinski definition) is 14. The third-order valence-electron chi connectivity index (χ3n) is 11.7. The predicted molar refractivity (Wildman–Crippen MR) is 219 cm³/mol. The maximum atomic E-state index is 13.3. The molecule has 1 amide bonds. The van der Waals surface area contributed by atoms with Crippen molar-refractivity contribution in [2.45, 2.75) is 109 Å². The first-order chi connectivity index (χ1) is 27.7. The minimum Gasteiger partial charge on any atom is -0.462 e. The number of carbonyl (C=O) groups is 3. The zero-order valence-electron chi connectivity index (χ0n) is 35.1. The highest BCUT2D eigenvalue weighted by atomic mass is 16.7. The third-order valence-corrected chi connectivity index (χ3v) is 11.7. The van der Waals surface area contributed by atoms with Crippen LogP contribution < -0.4 is 4.90 Å². The van der Waals surface area contributed by atoms with Crippen LogP contribution in [0.4, 0.5) is 5.69 Å². The van der Waals surface area contributed by atoms with Gasteiger partial charge in [0.2, 0.25) is 0 Å². The molecule has 1 aromatic rings. The summed E-state index contributed by atoms with van der Waals surface area (Å²) in [6.45, 7) is 10.9. The molecule has 2 saturated heterocycles. The molecule has 0 aliphatic carbocycles. The van der Waals surface area contributed by atoms with Gasteiger partial charge in [-0.3, -0.25) is 9.59 Å². The van der Waals surface area contributed by atoms with E-state index < -0.39 is 78.6 Å². The number of nitrogens with zero attached hydrogens (tertiary/aromatic N) is 4. The number of aliphatic hydroxyl groups excluding tert-OH is 4. The molecule has 0 radical (unpaired) electrons. The van der Waals surface area contributed by atoms with E-state index >= 15 is 0 Å². The van der Waals surface area contributed by atoms with Crippen LogP contribution in [0.3, 0.4) is 0 Å². The average Bonchev–Trinajstić information content (AvgIpc) is 3.20. The van der Waals surface area contributed by atoms with Crippen LogP contribution in [0.5, 0.6) is 0 Å². The Morgan fingerprint density at radius 1 is 1.03 bits per heavy atom. The summed E-state index contributed by atoms with van der Waals surface area (Å²) in [5, 5.41) is 48.6. The van der Waals surface area contributed by atoms with Gasteiger partial charge in [-0.05, 0) is 64.9 Å². The monoisotopic (exact) mass is 814 g/mol. The van der Waals surface area contributed by atoms with E-state index in [0.717, 1.165) is 17.5 Å². The van der Waals surface area contributed by atoms with Crippen molar-refractivity contribution >= 4 is 29.6 Å². The van der Waals surface area contributed by atoms with Crippen molar-refractivity contribution in [1.82, 2.24) is 9.80 Å². The summed E-state index contributed by atoms with van der Waals surface area (Å²) >= 11 is 0. The summed E-state index contributed by atoms with van der Waals surface area (Å²) in [4.78, 5) is 50.3. The molecule has 2 fully saturated rings. The fraction of sp³-hybridized carbons (Fsp3) is 0.674. The smallest absolute Gasteiger partial charge is 0.308 e. The van der Waals surface area contributed by atoms with E-state index in [9.17, 15) is 34.8 Å². The third kappa shape index (κ3) is 12.7. The fourth-order valence-electron chi connectivity index (χ4n) is 8.16. The molecule has 1 unspecified atom stereocenters. The van der Waals surface area contributed by atoms with E-state index in [1.807, 2.05) is 63.3 Å². The molecule has 58 heavy (non-hydrogen) atoms. The molecule has 1 aromatic carbocycles. The lowest BCUT2D eigenvalue weighted by molar-refractivity contribution is -0.304. The van der Waals surface area contributed by atoms with Crippen molar-refractivity contribution in [2.75, 3.05) is 58.4 Å². The van der Waals surface area contributed by atoms with Crippen molar-refractivity contribution < 1.29 is 53.9 Å². The van der Waals surface area contributed by atoms with Crippen LogP contribution in [0.15, 0.2) is 59.3 Å². The lowest BCUT2D eigenvalue weighted by atomic mass is 9.79. The van der Waals surface area contributed by atoms with Crippen molar-refractivity contribution in [2.24, 2.45) is 28.8 Å². The summed E-state index contributed by atoms with van der Waals surface area (Å²) in [7, 11) is 3.45. The molecular weight excluding hydrogens is 748 g/mol. The molecule has 0 spiro atoms. The lowest BCUT2D eigenvalue weighted by Gasteiger charge is -2.46. The summed E-state index contributed by atoms with van der Waals surface area (Å²) in [6, 6.07) is 9.31. The number of hydrogen-bond donors (Lipinski definition) is 4. The van der Waals surface area contributed by atoms with Crippen LogP contribution in [0, 0.1) is 23.7 Å². The van der Waals surface area contributed by atoms with Crippen LogP contribution in [-0.4, -0.2) is 157 Å². The zero-order valence-corrected chi connectivity index (χ0v) is 35.1. The number of anilines is 1. The van der Waals surface area contributed by atoms with E-state index in [2.05, 4.69) is 10.1 Å². The molecule has 4 N–H and O–H groups in total. The number of aliphatic hydroxyl groups is 4. The second-order valence-electron chi connectivity index (χ2n) is 16.2. The molecule has 324 valence electrons. The van der Waals surface area contributed by atoms with Gasteiger partial charge in [0.1, 0.15) is 18.5 Å². The van der Waals surface area contributed by atoms with Crippen LogP contribution in [0.1, 0.15) is 60.3 Å². The molecule has 3 aliphatic rings. The normalized spacial score (nSPS) is 35.6. The fourth-order valence-corrected chi connectivity index (χ4v) is 8.16. The standard InChI is InChI=1S/C43H66N4O11/c1-8-36-32(25-49)22-27(2)14-15-34(44-55-26-37(51)47-19-17-46(18-20-47)33-12-10-9-11-13-33)28(3)23-31(16-21-48)42(29(4)35(50)24-38(52)57-36)58-43-41(54)39(45(6)7)40(53)30(5)56-43/h9-15,21-22,28-32,35-36,39-43,49-50,53-54H,8,16-20,23-26H2,1-7H3/b15-14+,27-22+,44-34+/t28-,29+,30-,31+,32?,35-,36-,39+,40-,41-,42-,43+/m1/s1. The Bertz CT molecular complexity index is 1550. The summed E-state index contributed by atoms with van der Waals surface area (Å²) in [6.07, 6.45) is -0.740. The van der Waals surface area contributed by atoms with Gasteiger partial charge in [0, 0.05) is 56.0 Å². The van der Waals surface area contributed by atoms with E-state index in [1.54, 1.807) is 43.8 Å². The van der Waals surface area contributed by atoms with Crippen LogP contribution in [0.2, 0.25) is 0 Å². The number of allylic oxidation sites excluding steroid dienone is 3. The van der Waals surface area contributed by atoms with Crippen LogP contribution in [-0.2, 0) is 33.4 Å². The Hall–Kier alpha value is -3.70. The predicted octanol–water partition coefficient (Wildman–Crippen LogP) is 2.55. The minimum absolute atomic E-state index is 0.00503. The minimum atomic E-state index is -1.30. The number of oxime groups is 1. The molecule has 0 saturated carbocycles. The zero-order chi connectivity index (χ0) is 42.5. The molecular formula is C43H66N4O11. The molecule has 0 bridgehead atoms. The van der Waals surface area contributed by atoms with Gasteiger partial charge >= 0.3 is 5.97 Å². The van der Waals surface area contributed by atoms with Gasteiger partial charge in [-0.1, -0.05) is 61.9 Å². The molecule has 3 aliphatic heterocycles. The number of rotatable bonds is 11. The highest BCUT2D eigenvalue weighted by Gasteiger charge is 2.47. The summed E-state index contributed by atoms with van der Waals surface area (Å²) < 4.78 is 18.4. The summed E-state index contributed by atoms with van der Waals surface area (Å²) in [5.41, 5.74) is 2.33. The van der Waals surface area contributed by atoms with Crippen LogP contribution in [0.25, 0.3) is 0 Å². The Labute approximate surface area is 343 Å². The number of para-hydroxylation sites is 1. The molecule has 0 aromatic heterocycles. The van der Waals surface area contributed by atoms with Crippen molar-refractivity contribution in [3.05, 3.63) is 54.1 Å². The number of carbonyl (C=O) groups excluding carboxylic acids is 3. The maximum absolute atomic E-state index is 13.3. The highest BCUT2D eigenvalue weighted by molar-refractivity contribution is 5.96. The van der Waals surface area contributed by atoms with Crippen molar-refractivity contribution in [3.8, 4) is 0 Å². The second kappa shape index (κ2) is 22.6. The summed E-state index contributed by atoms with van der Waals surface area (Å²) in [5.74, 6) is -3.14. The van der Waals surface area contributed by atoms with Gasteiger partial charge in [0.05, 0.1) is 49.2 Å². The largest absolute Gasteiger partial charge is 0.462 e. The number of cyclic esters (lactones) is 1. The van der Waals surface area contributed by atoms with Crippen LogP contribution >= 0.6 is 0 Å². The molecule has 15 heteroatoms. The first-order valence-electron chi connectivity index (χ1n) is 20.6. The van der Waals surface area contributed by atoms with E-state index in [0.29, 0.717) is 38.3 Å². The maximum Gasteiger partial charge on any atom is 0.308 e. The highest BCUT2D eigenvalue weighted by Crippen LogP contribution is 2.34. The topological polar surface area (TPSA) is 191 Å². The van der Waals surface area contributed by atoms with E-state index in [4.69, 9.17) is 19.0 Å². The SMILES string of the molecule is CC[C@H]1OC(=O)C[C@@H](O)[C@H](C)[C@@H](O[C@@H]2O[C@H](C)[C@@H](O)[C@H](N(C)C)[C@H]2O)[C@@H](CC=O)C[C@@H](C)C(=N/OCC(=O)N2CCN(c3ccccc3)CC2)/C=C/C(C)=C/C1CO. The molecule has 4 rings (SSSR count). The van der Waals surface area contributed by atoms with Gasteiger partial charge in [-0.15, -0.1) is 0 Å². The average molecular weight is 815 g/mol. The lowest BCUT2D eigenvalue weighted by Crippen LogP contribution is -2.63. The number of ether oxygens (including phenoxy) is 3. The van der Waals surface area contributed by atoms with Gasteiger partial charge in [-0.25, -0.2) is 0 Å². The number of amides is 1. The Kier molecular flexibility index (Phi) is 18.3. The number of piperazine rings is 1. The molecule has 12 atom stereocenters. The van der Waals surface area contributed by atoms with Gasteiger partial charge in [-0.2, -0.15) is 0 Å². The Morgan fingerprint density at radius 3 is 2.34 bits per heavy atom. The Balaban J connectivity index is 1.64. The van der Waals surface area contributed by atoms with Gasteiger partial charge < -0.3 is 59.0 Å². The number of aldehydes is 1. The van der Waals surface area contributed by atoms with Crippen molar-refractivity contribution in [3.63, 3.8) is 0 Å². The Morgan fingerprint density at radius 2 is 1.72 bits per heavy atom. The van der Waals surface area contributed by atoms with E-state index in [1.165, 1.54) is 0 Å². The second-order valence-corrected chi connectivity index (χ2v) is 16.2. The number of likely N-dealkylation sites (N-methyl/N-ethyl adjacent to an activating group) is 1. The van der Waals surface area contributed by atoms with Gasteiger partial charge in [0.15, 0.2) is 12.9 Å².